The number of fused-ring (bicyclic) bond motifs is 1. The lowest BCUT2D eigenvalue weighted by Crippen LogP contribution is -2.32. The van der Waals surface area contributed by atoms with Crippen LogP contribution in [0.15, 0.2) is 72.8 Å². The molecule has 1 N–H and O–H groups in total. The van der Waals surface area contributed by atoms with E-state index in [0.29, 0.717) is 35.7 Å². The van der Waals surface area contributed by atoms with E-state index in [1.807, 2.05) is 37.3 Å². The average molecular weight is 418 g/mol. The average Bonchev–Trinajstić information content (AvgIpc) is 3.11. The van der Waals surface area contributed by atoms with Crippen LogP contribution in [0.3, 0.4) is 0 Å². The van der Waals surface area contributed by atoms with Gasteiger partial charge in [0, 0.05) is 12.1 Å². The van der Waals surface area contributed by atoms with Gasteiger partial charge in [0.25, 0.3) is 5.91 Å². The number of ether oxygens (including phenoxy) is 1. The predicted octanol–water partition coefficient (Wildman–Crippen LogP) is 4.95. The number of halogens is 1. The molecule has 0 aliphatic carbocycles. The van der Waals surface area contributed by atoms with Crippen LogP contribution in [-0.2, 0) is 11.3 Å². The molecule has 1 aliphatic heterocycles. The highest BCUT2D eigenvalue weighted by Gasteiger charge is 2.34. The molecular formula is C25H23FN2O3. The first-order chi connectivity index (χ1) is 15.1. The van der Waals surface area contributed by atoms with Gasteiger partial charge in [-0.25, -0.2) is 4.39 Å². The molecule has 0 aromatic heterocycles. The summed E-state index contributed by atoms with van der Waals surface area (Å²) >= 11 is 0. The van der Waals surface area contributed by atoms with Gasteiger partial charge in [0.1, 0.15) is 11.6 Å². The van der Waals surface area contributed by atoms with Crippen LogP contribution in [0.2, 0.25) is 0 Å². The third-order valence-electron chi connectivity index (χ3n) is 5.32. The summed E-state index contributed by atoms with van der Waals surface area (Å²) in [5.41, 5.74) is 2.83. The number of nitrogens with zero attached hydrogens (tertiary/aromatic N) is 1. The minimum absolute atomic E-state index is 0.0336. The third-order valence-corrected chi connectivity index (χ3v) is 5.32. The van der Waals surface area contributed by atoms with Crippen molar-refractivity contribution in [1.82, 2.24) is 4.90 Å². The van der Waals surface area contributed by atoms with Gasteiger partial charge in [-0.3, -0.25) is 9.59 Å². The maximum absolute atomic E-state index is 13.5. The van der Waals surface area contributed by atoms with E-state index in [9.17, 15) is 14.0 Å². The Hall–Kier alpha value is -3.67. The van der Waals surface area contributed by atoms with E-state index < -0.39 is 6.04 Å². The molecule has 3 aromatic rings. The molecule has 1 heterocycles. The highest BCUT2D eigenvalue weighted by molar-refractivity contribution is 5.99. The summed E-state index contributed by atoms with van der Waals surface area (Å²) in [6.07, 6.45) is 0.0336. The van der Waals surface area contributed by atoms with E-state index in [4.69, 9.17) is 4.74 Å². The Bertz CT molecular complexity index is 1100. The zero-order valence-corrected chi connectivity index (χ0v) is 17.2. The van der Waals surface area contributed by atoms with Crippen LogP contribution in [0.5, 0.6) is 5.75 Å². The van der Waals surface area contributed by atoms with Crippen LogP contribution < -0.4 is 10.1 Å². The van der Waals surface area contributed by atoms with Crippen LogP contribution >= 0.6 is 0 Å². The summed E-state index contributed by atoms with van der Waals surface area (Å²) in [6, 6.07) is 20.0. The van der Waals surface area contributed by atoms with Crippen LogP contribution in [0.1, 0.15) is 40.9 Å². The van der Waals surface area contributed by atoms with Crippen molar-refractivity contribution >= 4 is 17.5 Å². The Kier molecular flexibility index (Phi) is 5.98. The lowest BCUT2D eigenvalue weighted by Gasteiger charge is -2.28. The first-order valence-corrected chi connectivity index (χ1v) is 10.2. The van der Waals surface area contributed by atoms with Gasteiger partial charge in [0.2, 0.25) is 5.91 Å². The number of para-hydroxylation sites is 2. The molecule has 158 valence electrons. The van der Waals surface area contributed by atoms with Crippen molar-refractivity contribution in [1.29, 1.82) is 0 Å². The van der Waals surface area contributed by atoms with Crippen molar-refractivity contribution in [3.05, 3.63) is 95.3 Å². The van der Waals surface area contributed by atoms with Crippen molar-refractivity contribution < 1.29 is 18.7 Å². The zero-order chi connectivity index (χ0) is 21.8. The molecule has 0 saturated carbocycles. The molecule has 0 unspecified atom stereocenters. The topological polar surface area (TPSA) is 58.6 Å². The molecule has 0 fully saturated rings. The monoisotopic (exact) mass is 418 g/mol. The number of amides is 2. The largest absolute Gasteiger partial charge is 0.492 e. The molecule has 0 bridgehead atoms. The minimum Gasteiger partial charge on any atom is -0.492 e. The Morgan fingerprint density at radius 3 is 2.52 bits per heavy atom. The molecule has 1 aliphatic rings. The normalized spacial score (nSPS) is 13.6. The van der Waals surface area contributed by atoms with Gasteiger partial charge in [-0.1, -0.05) is 42.5 Å². The van der Waals surface area contributed by atoms with E-state index in [1.165, 1.54) is 12.1 Å². The second kappa shape index (κ2) is 9.00. The molecule has 6 heteroatoms. The molecular weight excluding hydrogens is 395 g/mol. The van der Waals surface area contributed by atoms with Gasteiger partial charge in [0.05, 0.1) is 24.8 Å². The van der Waals surface area contributed by atoms with Gasteiger partial charge in [0.15, 0.2) is 0 Å². The first-order valence-electron chi connectivity index (χ1n) is 10.2. The number of hydrogen-bond acceptors (Lipinski definition) is 3. The molecule has 4 rings (SSSR count). The predicted molar refractivity (Wildman–Crippen MR) is 116 cm³/mol. The second-order valence-corrected chi connectivity index (χ2v) is 7.34. The summed E-state index contributed by atoms with van der Waals surface area (Å²) in [5, 5.41) is 2.89. The standard InChI is InChI=1S/C25H23FN2O3/c1-2-31-23-10-6-5-9-21(23)27-24(29)15-22(17-11-13-19(26)14-12-17)28-16-18-7-3-4-8-20(18)25(28)30/h3-14,22H,2,15-16H2,1H3,(H,27,29)/t22-/m0/s1. The molecule has 2 amide bonds. The van der Waals surface area contributed by atoms with Crippen molar-refractivity contribution in [2.45, 2.75) is 25.9 Å². The van der Waals surface area contributed by atoms with Crippen molar-refractivity contribution in [2.75, 3.05) is 11.9 Å². The molecule has 5 nitrogen and oxygen atoms in total. The number of benzene rings is 3. The number of anilines is 1. The van der Waals surface area contributed by atoms with Crippen LogP contribution in [0.4, 0.5) is 10.1 Å². The maximum atomic E-state index is 13.5. The molecule has 31 heavy (non-hydrogen) atoms. The van der Waals surface area contributed by atoms with E-state index in [1.54, 1.807) is 35.2 Å². The van der Waals surface area contributed by atoms with Gasteiger partial charge >= 0.3 is 0 Å². The fourth-order valence-electron chi connectivity index (χ4n) is 3.85. The SMILES string of the molecule is CCOc1ccccc1NC(=O)C[C@@H](c1ccc(F)cc1)N1Cc2ccccc2C1=O. The van der Waals surface area contributed by atoms with Gasteiger partial charge < -0.3 is 15.0 Å². The van der Waals surface area contributed by atoms with Crippen molar-refractivity contribution in [3.63, 3.8) is 0 Å². The third kappa shape index (κ3) is 4.43. The summed E-state index contributed by atoms with van der Waals surface area (Å²) in [7, 11) is 0. The second-order valence-electron chi connectivity index (χ2n) is 7.34. The Labute approximate surface area is 180 Å². The molecule has 0 saturated heterocycles. The van der Waals surface area contributed by atoms with Crippen LogP contribution in [0.25, 0.3) is 0 Å². The highest BCUT2D eigenvalue weighted by Crippen LogP contribution is 2.34. The van der Waals surface area contributed by atoms with E-state index in [2.05, 4.69) is 5.32 Å². The fraction of sp³-hybridized carbons (Fsp3) is 0.200. The van der Waals surface area contributed by atoms with Crippen molar-refractivity contribution in [2.24, 2.45) is 0 Å². The van der Waals surface area contributed by atoms with E-state index >= 15 is 0 Å². The van der Waals surface area contributed by atoms with Gasteiger partial charge in [-0.05, 0) is 48.4 Å². The summed E-state index contributed by atoms with van der Waals surface area (Å²) in [6.45, 7) is 2.76. The molecule has 0 spiro atoms. The Morgan fingerprint density at radius 2 is 1.77 bits per heavy atom. The van der Waals surface area contributed by atoms with Crippen LogP contribution in [-0.4, -0.2) is 23.3 Å². The molecule has 3 aromatic carbocycles. The number of hydrogen-bond donors (Lipinski definition) is 1. The zero-order valence-electron chi connectivity index (χ0n) is 17.2. The molecule has 0 radical (unpaired) electrons. The van der Waals surface area contributed by atoms with E-state index in [-0.39, 0.29) is 24.1 Å². The fourth-order valence-corrected chi connectivity index (χ4v) is 3.85. The van der Waals surface area contributed by atoms with E-state index in [0.717, 1.165) is 5.56 Å². The first kappa shape index (κ1) is 20.6. The summed E-state index contributed by atoms with van der Waals surface area (Å²) in [5.74, 6) is -0.173. The van der Waals surface area contributed by atoms with Gasteiger partial charge in [-0.2, -0.15) is 0 Å². The maximum Gasteiger partial charge on any atom is 0.255 e. The minimum atomic E-state index is -0.528. The lowest BCUT2D eigenvalue weighted by molar-refractivity contribution is -0.117. The van der Waals surface area contributed by atoms with Gasteiger partial charge in [-0.15, -0.1) is 0 Å². The number of carbonyl (C=O) groups is 2. The number of rotatable bonds is 7. The Morgan fingerprint density at radius 1 is 1.06 bits per heavy atom. The van der Waals surface area contributed by atoms with Crippen LogP contribution in [0, 0.1) is 5.82 Å². The number of nitrogens with one attached hydrogen (secondary N) is 1. The lowest BCUT2D eigenvalue weighted by atomic mass is 10.0. The molecule has 1 atom stereocenters. The smallest absolute Gasteiger partial charge is 0.255 e. The summed E-state index contributed by atoms with van der Waals surface area (Å²) < 4.78 is 19.1. The number of carbonyl (C=O) groups excluding carboxylic acids is 2. The highest BCUT2D eigenvalue weighted by atomic mass is 19.1. The van der Waals surface area contributed by atoms with Crippen molar-refractivity contribution in [3.8, 4) is 5.75 Å². The summed E-state index contributed by atoms with van der Waals surface area (Å²) in [4.78, 5) is 27.7. The quantitative estimate of drug-likeness (QED) is 0.591. The Balaban J connectivity index is 1.59.